The topological polar surface area (TPSA) is 24.1 Å². The standard InChI is InChI=1S/C11H22N2/c1-2-10(3-1)6-7-12-8-9-13-11-4-5-11/h10-13H,1-9H2. The van der Waals surface area contributed by atoms with Crippen LogP contribution in [0.3, 0.4) is 0 Å². The van der Waals surface area contributed by atoms with Crippen molar-refractivity contribution in [2.75, 3.05) is 19.6 Å². The highest BCUT2D eigenvalue weighted by atomic mass is 15.0. The second-order valence-corrected chi connectivity index (χ2v) is 4.56. The number of hydrogen-bond donors (Lipinski definition) is 2. The van der Waals surface area contributed by atoms with Gasteiger partial charge in [-0.3, -0.25) is 0 Å². The molecular weight excluding hydrogens is 160 g/mol. The van der Waals surface area contributed by atoms with Gasteiger partial charge in [0.2, 0.25) is 0 Å². The van der Waals surface area contributed by atoms with Gasteiger partial charge in [0.05, 0.1) is 0 Å². The molecule has 0 saturated heterocycles. The van der Waals surface area contributed by atoms with Gasteiger partial charge in [0.25, 0.3) is 0 Å². The molecule has 2 fully saturated rings. The highest BCUT2D eigenvalue weighted by Gasteiger charge is 2.19. The molecule has 0 bridgehead atoms. The van der Waals surface area contributed by atoms with E-state index < -0.39 is 0 Å². The quantitative estimate of drug-likeness (QED) is 0.583. The van der Waals surface area contributed by atoms with Gasteiger partial charge in [0.1, 0.15) is 0 Å². The van der Waals surface area contributed by atoms with Gasteiger partial charge in [0, 0.05) is 19.1 Å². The maximum Gasteiger partial charge on any atom is 0.00793 e. The Morgan fingerprint density at radius 2 is 1.77 bits per heavy atom. The second kappa shape index (κ2) is 4.97. The van der Waals surface area contributed by atoms with Gasteiger partial charge in [-0.05, 0) is 31.7 Å². The summed E-state index contributed by atoms with van der Waals surface area (Å²) in [4.78, 5) is 0. The Bertz CT molecular complexity index is 139. The fourth-order valence-electron chi connectivity index (χ4n) is 1.86. The van der Waals surface area contributed by atoms with Crippen molar-refractivity contribution in [3.05, 3.63) is 0 Å². The van der Waals surface area contributed by atoms with E-state index in [-0.39, 0.29) is 0 Å². The fourth-order valence-corrected chi connectivity index (χ4v) is 1.86. The fraction of sp³-hybridized carbons (Fsp3) is 1.00. The van der Waals surface area contributed by atoms with Crippen LogP contribution < -0.4 is 10.6 Å². The van der Waals surface area contributed by atoms with Crippen LogP contribution in [0.2, 0.25) is 0 Å². The zero-order chi connectivity index (χ0) is 8.93. The summed E-state index contributed by atoms with van der Waals surface area (Å²) in [5.41, 5.74) is 0. The number of hydrogen-bond acceptors (Lipinski definition) is 2. The molecule has 0 aromatic heterocycles. The first-order chi connectivity index (χ1) is 6.45. The average molecular weight is 182 g/mol. The SMILES string of the molecule is C1CC(CCNCCNC2CC2)C1. The Hall–Kier alpha value is -0.0800. The van der Waals surface area contributed by atoms with Gasteiger partial charge < -0.3 is 10.6 Å². The minimum absolute atomic E-state index is 0.869. The predicted molar refractivity (Wildman–Crippen MR) is 55.9 cm³/mol. The van der Waals surface area contributed by atoms with Gasteiger partial charge in [-0.25, -0.2) is 0 Å². The van der Waals surface area contributed by atoms with Crippen LogP contribution in [0.25, 0.3) is 0 Å². The summed E-state index contributed by atoms with van der Waals surface area (Å²) in [5, 5.41) is 7.02. The molecule has 0 amide bonds. The van der Waals surface area contributed by atoms with Crippen LogP contribution in [0.15, 0.2) is 0 Å². The molecule has 0 atom stereocenters. The molecule has 2 heteroatoms. The molecule has 0 aliphatic heterocycles. The van der Waals surface area contributed by atoms with E-state index in [1.54, 1.807) is 0 Å². The van der Waals surface area contributed by atoms with Gasteiger partial charge in [-0.2, -0.15) is 0 Å². The smallest absolute Gasteiger partial charge is 0.00793 e. The molecule has 0 heterocycles. The maximum atomic E-state index is 3.51. The first kappa shape index (κ1) is 9.47. The third-order valence-electron chi connectivity index (χ3n) is 3.27. The summed E-state index contributed by atoms with van der Waals surface area (Å²) in [6, 6.07) is 0.869. The Morgan fingerprint density at radius 1 is 0.923 bits per heavy atom. The first-order valence-corrected chi connectivity index (χ1v) is 5.89. The van der Waals surface area contributed by atoms with Gasteiger partial charge in [-0.1, -0.05) is 19.3 Å². The number of rotatable bonds is 7. The molecule has 13 heavy (non-hydrogen) atoms. The Labute approximate surface area is 81.5 Å². The zero-order valence-electron chi connectivity index (χ0n) is 8.52. The van der Waals surface area contributed by atoms with Crippen molar-refractivity contribution in [2.24, 2.45) is 5.92 Å². The van der Waals surface area contributed by atoms with Gasteiger partial charge in [0.15, 0.2) is 0 Å². The lowest BCUT2D eigenvalue weighted by atomic mass is 9.83. The molecule has 2 aliphatic rings. The van der Waals surface area contributed by atoms with Crippen molar-refractivity contribution in [3.8, 4) is 0 Å². The van der Waals surface area contributed by atoms with Crippen LogP contribution in [0.1, 0.15) is 38.5 Å². The molecule has 0 radical (unpaired) electrons. The largest absolute Gasteiger partial charge is 0.315 e. The lowest BCUT2D eigenvalue weighted by Crippen LogP contribution is -2.30. The zero-order valence-corrected chi connectivity index (χ0v) is 8.52. The van der Waals surface area contributed by atoms with Crippen LogP contribution in [0.4, 0.5) is 0 Å². The van der Waals surface area contributed by atoms with E-state index in [1.807, 2.05) is 0 Å². The third kappa shape index (κ3) is 3.65. The lowest BCUT2D eigenvalue weighted by molar-refractivity contribution is 0.292. The van der Waals surface area contributed by atoms with Crippen LogP contribution in [-0.2, 0) is 0 Å². The molecule has 2 saturated carbocycles. The predicted octanol–water partition coefficient (Wildman–Crippen LogP) is 1.52. The number of nitrogens with one attached hydrogen (secondary N) is 2. The van der Waals surface area contributed by atoms with Gasteiger partial charge >= 0.3 is 0 Å². The Morgan fingerprint density at radius 3 is 2.38 bits per heavy atom. The lowest BCUT2D eigenvalue weighted by Gasteiger charge is -2.25. The minimum atomic E-state index is 0.869. The average Bonchev–Trinajstić information content (AvgIpc) is 2.83. The van der Waals surface area contributed by atoms with E-state index >= 15 is 0 Å². The highest BCUT2D eigenvalue weighted by molar-refractivity contribution is 4.80. The first-order valence-electron chi connectivity index (χ1n) is 5.89. The summed E-state index contributed by atoms with van der Waals surface area (Å²) in [5.74, 6) is 1.06. The van der Waals surface area contributed by atoms with E-state index in [4.69, 9.17) is 0 Å². The Balaban J connectivity index is 1.32. The highest BCUT2D eigenvalue weighted by Crippen LogP contribution is 2.28. The molecule has 2 N–H and O–H groups in total. The summed E-state index contributed by atoms with van der Waals surface area (Å²) in [6.07, 6.45) is 8.67. The van der Waals surface area contributed by atoms with E-state index in [0.717, 1.165) is 25.0 Å². The summed E-state index contributed by atoms with van der Waals surface area (Å²) < 4.78 is 0. The van der Waals surface area contributed by atoms with Crippen molar-refractivity contribution < 1.29 is 0 Å². The van der Waals surface area contributed by atoms with Crippen molar-refractivity contribution in [1.82, 2.24) is 10.6 Å². The molecule has 76 valence electrons. The van der Waals surface area contributed by atoms with Crippen molar-refractivity contribution in [2.45, 2.75) is 44.6 Å². The summed E-state index contributed by atoms with van der Waals surface area (Å²) in [7, 11) is 0. The van der Waals surface area contributed by atoms with Crippen LogP contribution >= 0.6 is 0 Å². The molecule has 0 aromatic rings. The molecule has 2 nitrogen and oxygen atoms in total. The second-order valence-electron chi connectivity index (χ2n) is 4.56. The molecule has 0 unspecified atom stereocenters. The van der Waals surface area contributed by atoms with Crippen molar-refractivity contribution in [3.63, 3.8) is 0 Å². The van der Waals surface area contributed by atoms with Crippen molar-refractivity contribution >= 4 is 0 Å². The normalized spacial score (nSPS) is 23.1. The van der Waals surface area contributed by atoms with Gasteiger partial charge in [-0.15, -0.1) is 0 Å². The summed E-state index contributed by atoms with van der Waals surface area (Å²) in [6.45, 7) is 3.55. The molecule has 2 aliphatic carbocycles. The van der Waals surface area contributed by atoms with E-state index in [1.165, 1.54) is 45.1 Å². The molecule has 0 aromatic carbocycles. The monoisotopic (exact) mass is 182 g/mol. The molecule has 0 spiro atoms. The van der Waals surface area contributed by atoms with E-state index in [0.29, 0.717) is 0 Å². The van der Waals surface area contributed by atoms with E-state index in [9.17, 15) is 0 Å². The van der Waals surface area contributed by atoms with Crippen LogP contribution in [0, 0.1) is 5.92 Å². The minimum Gasteiger partial charge on any atom is -0.315 e. The Kier molecular flexibility index (Phi) is 3.62. The molecular formula is C11H22N2. The van der Waals surface area contributed by atoms with Crippen LogP contribution in [-0.4, -0.2) is 25.7 Å². The van der Waals surface area contributed by atoms with E-state index in [2.05, 4.69) is 10.6 Å². The molecule has 2 rings (SSSR count). The maximum absolute atomic E-state index is 3.51. The van der Waals surface area contributed by atoms with Crippen LogP contribution in [0.5, 0.6) is 0 Å². The van der Waals surface area contributed by atoms with Crippen molar-refractivity contribution in [1.29, 1.82) is 0 Å². The third-order valence-corrected chi connectivity index (χ3v) is 3.27. The summed E-state index contributed by atoms with van der Waals surface area (Å²) >= 11 is 0.